The fourth-order valence-corrected chi connectivity index (χ4v) is 2.99. The maximum absolute atomic E-state index is 12.2. The van der Waals surface area contributed by atoms with Crippen molar-refractivity contribution < 1.29 is 4.79 Å². The Morgan fingerprint density at radius 2 is 1.81 bits per heavy atom. The van der Waals surface area contributed by atoms with Crippen molar-refractivity contribution in [1.82, 2.24) is 15.4 Å². The Bertz CT molecular complexity index is 787. The molecule has 3 rings (SSSR count). The summed E-state index contributed by atoms with van der Waals surface area (Å²) in [5, 5.41) is 13.4. The average Bonchev–Trinajstić information content (AvgIpc) is 2.53. The molecule has 0 aliphatic carbocycles. The molecule has 0 bridgehead atoms. The second-order valence-corrected chi connectivity index (χ2v) is 6.21. The second-order valence-electron chi connectivity index (χ2n) is 4.33. The van der Waals surface area contributed by atoms with Gasteiger partial charge in [-0.25, -0.2) is 0 Å². The van der Waals surface area contributed by atoms with Crippen LogP contribution in [-0.4, -0.2) is 26.9 Å². The maximum Gasteiger partial charge on any atom is 0.173 e. The van der Waals surface area contributed by atoms with Crippen molar-refractivity contribution in [2.75, 3.05) is 5.75 Å². The SMILES string of the molecule is O=C(CSc1nnnc2ccccc12)c1ccc(Br)cc1. The van der Waals surface area contributed by atoms with Gasteiger partial charge in [0.25, 0.3) is 0 Å². The summed E-state index contributed by atoms with van der Waals surface area (Å²) >= 11 is 4.74. The molecule has 1 aromatic heterocycles. The monoisotopic (exact) mass is 359 g/mol. The van der Waals surface area contributed by atoms with E-state index < -0.39 is 0 Å². The topological polar surface area (TPSA) is 55.7 Å². The lowest BCUT2D eigenvalue weighted by Gasteiger charge is -2.03. The van der Waals surface area contributed by atoms with E-state index in [1.807, 2.05) is 48.5 Å². The van der Waals surface area contributed by atoms with Crippen LogP contribution in [0.15, 0.2) is 58.0 Å². The summed E-state index contributed by atoms with van der Waals surface area (Å²) in [6, 6.07) is 15.0. The van der Waals surface area contributed by atoms with E-state index in [1.54, 1.807) is 0 Å². The van der Waals surface area contributed by atoms with Crippen molar-refractivity contribution in [2.45, 2.75) is 5.03 Å². The van der Waals surface area contributed by atoms with Gasteiger partial charge in [0.05, 0.1) is 11.3 Å². The van der Waals surface area contributed by atoms with Crippen molar-refractivity contribution in [3.63, 3.8) is 0 Å². The molecule has 0 fully saturated rings. The lowest BCUT2D eigenvalue weighted by Crippen LogP contribution is -2.03. The highest BCUT2D eigenvalue weighted by Crippen LogP contribution is 2.24. The Hall–Kier alpha value is -1.79. The van der Waals surface area contributed by atoms with Crippen molar-refractivity contribution >= 4 is 44.4 Å². The molecule has 3 aromatic rings. The van der Waals surface area contributed by atoms with Crippen LogP contribution in [0.2, 0.25) is 0 Å². The Morgan fingerprint density at radius 1 is 1.05 bits per heavy atom. The molecule has 104 valence electrons. The van der Waals surface area contributed by atoms with Crippen molar-refractivity contribution in [3.8, 4) is 0 Å². The minimum absolute atomic E-state index is 0.0650. The molecule has 0 radical (unpaired) electrons. The van der Waals surface area contributed by atoms with Crippen molar-refractivity contribution in [1.29, 1.82) is 0 Å². The van der Waals surface area contributed by atoms with Crippen LogP contribution < -0.4 is 0 Å². The number of hydrogen-bond donors (Lipinski definition) is 0. The van der Waals surface area contributed by atoms with Crippen LogP contribution in [0, 0.1) is 0 Å². The van der Waals surface area contributed by atoms with E-state index in [9.17, 15) is 4.79 Å². The van der Waals surface area contributed by atoms with E-state index >= 15 is 0 Å². The Balaban J connectivity index is 1.77. The normalized spacial score (nSPS) is 10.7. The number of ketones is 1. The van der Waals surface area contributed by atoms with E-state index in [4.69, 9.17) is 0 Å². The number of thioether (sulfide) groups is 1. The molecular formula is C15H10BrN3OS. The number of fused-ring (bicyclic) bond motifs is 1. The van der Waals surface area contributed by atoms with E-state index in [-0.39, 0.29) is 5.78 Å². The number of Topliss-reactive ketones (excluding diaryl/α,β-unsaturated/α-hetero) is 1. The van der Waals surface area contributed by atoms with Gasteiger partial charge >= 0.3 is 0 Å². The minimum atomic E-state index is 0.0650. The van der Waals surface area contributed by atoms with Crippen LogP contribution in [0.5, 0.6) is 0 Å². The molecular weight excluding hydrogens is 350 g/mol. The van der Waals surface area contributed by atoms with Crippen LogP contribution in [-0.2, 0) is 0 Å². The molecule has 6 heteroatoms. The van der Waals surface area contributed by atoms with Gasteiger partial charge in [-0.2, -0.15) is 0 Å². The van der Waals surface area contributed by atoms with Crippen molar-refractivity contribution in [3.05, 3.63) is 58.6 Å². The van der Waals surface area contributed by atoms with Gasteiger partial charge in [0.2, 0.25) is 0 Å². The molecule has 0 aliphatic rings. The van der Waals surface area contributed by atoms with E-state index in [1.165, 1.54) is 11.8 Å². The zero-order valence-electron chi connectivity index (χ0n) is 10.9. The highest BCUT2D eigenvalue weighted by atomic mass is 79.9. The standard InChI is InChI=1S/C15H10BrN3OS/c16-11-7-5-10(6-8-11)14(20)9-21-15-12-3-1-2-4-13(12)17-19-18-15/h1-8H,9H2. The van der Waals surface area contributed by atoms with Gasteiger partial charge in [-0.15, -0.1) is 10.2 Å². The summed E-state index contributed by atoms with van der Waals surface area (Å²) in [6.07, 6.45) is 0. The summed E-state index contributed by atoms with van der Waals surface area (Å²) in [6.45, 7) is 0. The first-order valence-electron chi connectivity index (χ1n) is 6.24. The van der Waals surface area contributed by atoms with Crippen molar-refractivity contribution in [2.24, 2.45) is 0 Å². The van der Waals surface area contributed by atoms with Gasteiger partial charge in [-0.3, -0.25) is 4.79 Å². The van der Waals surface area contributed by atoms with Crippen LogP contribution in [0.4, 0.5) is 0 Å². The zero-order chi connectivity index (χ0) is 14.7. The predicted molar refractivity (Wildman–Crippen MR) is 86.5 cm³/mol. The molecule has 0 atom stereocenters. The third kappa shape index (κ3) is 3.28. The molecule has 21 heavy (non-hydrogen) atoms. The van der Waals surface area contributed by atoms with E-state index in [2.05, 4.69) is 31.3 Å². The number of halogens is 1. The minimum Gasteiger partial charge on any atom is -0.293 e. The number of nitrogens with zero attached hydrogens (tertiary/aromatic N) is 3. The highest BCUT2D eigenvalue weighted by Gasteiger charge is 2.10. The first-order valence-corrected chi connectivity index (χ1v) is 8.01. The molecule has 4 nitrogen and oxygen atoms in total. The molecule has 0 spiro atoms. The molecule has 0 saturated carbocycles. The quantitative estimate of drug-likeness (QED) is 0.524. The molecule has 0 saturated heterocycles. The van der Waals surface area contributed by atoms with Crippen LogP contribution >= 0.6 is 27.7 Å². The maximum atomic E-state index is 12.2. The average molecular weight is 360 g/mol. The first kappa shape index (κ1) is 14.2. The molecule has 1 heterocycles. The lowest BCUT2D eigenvalue weighted by molar-refractivity contribution is 0.102. The Kier molecular flexibility index (Phi) is 4.26. The second kappa shape index (κ2) is 6.32. The molecule has 0 unspecified atom stereocenters. The fraction of sp³-hybridized carbons (Fsp3) is 0.0667. The first-order chi connectivity index (χ1) is 10.2. The highest BCUT2D eigenvalue weighted by molar-refractivity contribution is 9.10. The van der Waals surface area contributed by atoms with Gasteiger partial charge < -0.3 is 0 Å². The van der Waals surface area contributed by atoms with Crippen LogP contribution in [0.3, 0.4) is 0 Å². The number of carbonyl (C=O) groups excluding carboxylic acids is 1. The predicted octanol–water partition coefficient (Wildman–Crippen LogP) is 3.76. The number of hydrogen-bond acceptors (Lipinski definition) is 5. The summed E-state index contributed by atoms with van der Waals surface area (Å²) in [7, 11) is 0. The third-order valence-corrected chi connectivity index (χ3v) is 4.44. The van der Waals surface area contributed by atoms with Gasteiger partial charge in [0, 0.05) is 15.4 Å². The van der Waals surface area contributed by atoms with Crippen LogP contribution in [0.25, 0.3) is 10.9 Å². The van der Waals surface area contributed by atoms with Gasteiger partial charge in [-0.05, 0) is 29.5 Å². The van der Waals surface area contributed by atoms with E-state index in [0.717, 1.165) is 20.4 Å². The number of benzene rings is 2. The Labute approximate surface area is 134 Å². The summed E-state index contributed by atoms with van der Waals surface area (Å²) in [5.74, 6) is 0.389. The summed E-state index contributed by atoms with van der Waals surface area (Å²) in [4.78, 5) is 12.2. The lowest BCUT2D eigenvalue weighted by atomic mass is 10.2. The van der Waals surface area contributed by atoms with Crippen LogP contribution in [0.1, 0.15) is 10.4 Å². The third-order valence-electron chi connectivity index (χ3n) is 2.93. The molecule has 0 N–H and O–H groups in total. The number of aromatic nitrogens is 3. The van der Waals surface area contributed by atoms with Gasteiger partial charge in [0.15, 0.2) is 5.78 Å². The van der Waals surface area contributed by atoms with Gasteiger partial charge in [0.1, 0.15) is 5.03 Å². The van der Waals surface area contributed by atoms with E-state index in [0.29, 0.717) is 11.3 Å². The molecule has 0 amide bonds. The molecule has 0 aliphatic heterocycles. The number of rotatable bonds is 4. The summed E-state index contributed by atoms with van der Waals surface area (Å²) in [5.41, 5.74) is 1.48. The largest absolute Gasteiger partial charge is 0.293 e. The smallest absolute Gasteiger partial charge is 0.173 e. The summed E-state index contributed by atoms with van der Waals surface area (Å²) < 4.78 is 0.956. The number of carbonyl (C=O) groups is 1. The fourth-order valence-electron chi connectivity index (χ4n) is 1.87. The zero-order valence-corrected chi connectivity index (χ0v) is 13.3. The van der Waals surface area contributed by atoms with Gasteiger partial charge in [-0.1, -0.05) is 52.0 Å². The Morgan fingerprint density at radius 3 is 2.62 bits per heavy atom. The molecule has 2 aromatic carbocycles.